The number of hydrogen-bond donors (Lipinski definition) is 2. The Kier molecular flexibility index (Phi) is 5.99. The van der Waals surface area contributed by atoms with Crippen molar-refractivity contribution in [3.05, 3.63) is 72.0 Å². The number of nitrogen functional groups attached to an aromatic ring is 1. The van der Waals surface area contributed by atoms with Crippen molar-refractivity contribution in [2.45, 2.75) is 17.7 Å². The molecule has 0 radical (unpaired) electrons. The fraction of sp³-hybridized carbons (Fsp3) is 0.208. The van der Waals surface area contributed by atoms with E-state index in [9.17, 15) is 17.6 Å². The number of carbonyl (C=O) groups is 1. The first-order valence-electron chi connectivity index (χ1n) is 10.3. The van der Waals surface area contributed by atoms with E-state index in [4.69, 9.17) is 5.73 Å². The lowest BCUT2D eigenvalue weighted by molar-refractivity contribution is 0.0964. The number of nitrogens with one attached hydrogen (secondary N) is 1. The van der Waals surface area contributed by atoms with Crippen LogP contribution in [-0.4, -0.2) is 38.8 Å². The molecule has 0 bridgehead atoms. The van der Waals surface area contributed by atoms with Gasteiger partial charge in [-0.05, 0) is 65.9 Å². The van der Waals surface area contributed by atoms with E-state index in [1.807, 2.05) is 6.07 Å². The normalized spacial score (nSPS) is 14.4. The summed E-state index contributed by atoms with van der Waals surface area (Å²) in [5.41, 5.74) is 9.61. The molecule has 0 spiro atoms. The summed E-state index contributed by atoms with van der Waals surface area (Å²) in [5.74, 6) is -0.702. The van der Waals surface area contributed by atoms with Gasteiger partial charge >= 0.3 is 0 Å². The number of nitrogens with two attached hydrogens (primary N) is 1. The average molecular weight is 454 g/mol. The Labute approximate surface area is 186 Å². The number of benzene rings is 3. The summed E-state index contributed by atoms with van der Waals surface area (Å²) in [5, 5.41) is 2.59. The molecule has 32 heavy (non-hydrogen) atoms. The highest BCUT2D eigenvalue weighted by molar-refractivity contribution is 7.89. The fourth-order valence-electron chi connectivity index (χ4n) is 3.91. The van der Waals surface area contributed by atoms with Gasteiger partial charge in [0, 0.05) is 25.7 Å². The third-order valence-electron chi connectivity index (χ3n) is 5.70. The molecule has 0 aliphatic carbocycles. The molecule has 8 heteroatoms. The second-order valence-corrected chi connectivity index (χ2v) is 9.64. The maximum absolute atomic E-state index is 13.4. The minimum Gasteiger partial charge on any atom is -0.398 e. The Morgan fingerprint density at radius 2 is 1.53 bits per heavy atom. The molecule has 4 rings (SSSR count). The number of anilines is 1. The zero-order chi connectivity index (χ0) is 22.9. The number of carbonyl (C=O) groups excluding carboxylic acids is 1. The van der Waals surface area contributed by atoms with Gasteiger partial charge in [0.1, 0.15) is 5.82 Å². The zero-order valence-corrected chi connectivity index (χ0v) is 18.5. The van der Waals surface area contributed by atoms with Crippen molar-refractivity contribution in [2.24, 2.45) is 0 Å². The van der Waals surface area contributed by atoms with Gasteiger partial charge in [-0.3, -0.25) is 4.79 Å². The topological polar surface area (TPSA) is 92.5 Å². The van der Waals surface area contributed by atoms with E-state index in [0.29, 0.717) is 29.8 Å². The van der Waals surface area contributed by atoms with Crippen LogP contribution in [0.15, 0.2) is 65.6 Å². The molecule has 1 amide bonds. The molecule has 1 aliphatic heterocycles. The van der Waals surface area contributed by atoms with Crippen molar-refractivity contribution in [1.29, 1.82) is 0 Å². The molecule has 166 valence electrons. The number of halogens is 1. The minimum absolute atomic E-state index is 0.225. The predicted molar refractivity (Wildman–Crippen MR) is 123 cm³/mol. The Hall–Kier alpha value is -3.23. The molecule has 1 fully saturated rings. The maximum atomic E-state index is 13.4. The molecule has 3 N–H and O–H groups in total. The van der Waals surface area contributed by atoms with Gasteiger partial charge in [-0.2, -0.15) is 4.31 Å². The first-order valence-corrected chi connectivity index (χ1v) is 11.8. The van der Waals surface area contributed by atoms with Crippen molar-refractivity contribution < 1.29 is 17.6 Å². The highest BCUT2D eigenvalue weighted by atomic mass is 32.2. The quantitative estimate of drug-likeness (QED) is 0.574. The van der Waals surface area contributed by atoms with E-state index < -0.39 is 10.0 Å². The molecule has 0 aromatic heterocycles. The van der Waals surface area contributed by atoms with Crippen molar-refractivity contribution in [2.75, 3.05) is 25.9 Å². The van der Waals surface area contributed by atoms with E-state index in [1.165, 1.54) is 23.5 Å². The first-order chi connectivity index (χ1) is 15.3. The van der Waals surface area contributed by atoms with Crippen LogP contribution in [0.4, 0.5) is 10.1 Å². The lowest BCUT2D eigenvalue weighted by atomic mass is 9.93. The van der Waals surface area contributed by atoms with Crippen LogP contribution in [0.1, 0.15) is 23.2 Å². The molecular formula is C24H24FN3O3S. The van der Waals surface area contributed by atoms with Gasteiger partial charge in [-0.1, -0.05) is 24.3 Å². The first kappa shape index (κ1) is 22.0. The standard InChI is InChI=1S/C24H24FN3O3S/c1-27-24(29)22-15-18(16-4-8-19(25)9-5-16)14-21(23(22)26)17-6-10-20(11-7-17)32(30,31)28-12-2-3-13-28/h4-11,14-15H,2-3,12-13,26H2,1H3,(H,27,29). The second kappa shape index (κ2) is 8.72. The smallest absolute Gasteiger partial charge is 0.253 e. The molecule has 6 nitrogen and oxygen atoms in total. The van der Waals surface area contributed by atoms with Crippen LogP contribution in [0.5, 0.6) is 0 Å². The molecule has 1 heterocycles. The number of nitrogens with zero attached hydrogens (tertiary/aromatic N) is 1. The van der Waals surface area contributed by atoms with Gasteiger partial charge in [0.15, 0.2) is 0 Å². The molecule has 0 atom stereocenters. The number of amides is 1. The van der Waals surface area contributed by atoms with Crippen molar-refractivity contribution in [3.8, 4) is 22.3 Å². The largest absolute Gasteiger partial charge is 0.398 e. The van der Waals surface area contributed by atoms with Crippen LogP contribution in [0.3, 0.4) is 0 Å². The Balaban J connectivity index is 1.79. The van der Waals surface area contributed by atoms with E-state index in [1.54, 1.807) is 42.5 Å². The summed E-state index contributed by atoms with van der Waals surface area (Å²) < 4.78 is 40.5. The Bertz CT molecular complexity index is 1250. The van der Waals surface area contributed by atoms with Crippen LogP contribution in [0.25, 0.3) is 22.3 Å². The molecule has 3 aromatic carbocycles. The van der Waals surface area contributed by atoms with Crippen LogP contribution in [-0.2, 0) is 10.0 Å². The van der Waals surface area contributed by atoms with E-state index in [0.717, 1.165) is 18.4 Å². The van der Waals surface area contributed by atoms with E-state index in [2.05, 4.69) is 5.32 Å². The van der Waals surface area contributed by atoms with Crippen LogP contribution >= 0.6 is 0 Å². The van der Waals surface area contributed by atoms with Crippen molar-refractivity contribution in [3.63, 3.8) is 0 Å². The lowest BCUT2D eigenvalue weighted by Crippen LogP contribution is -2.27. The summed E-state index contributed by atoms with van der Waals surface area (Å²) in [6, 6.07) is 15.9. The lowest BCUT2D eigenvalue weighted by Gasteiger charge is -2.17. The molecule has 1 aliphatic rings. The summed E-state index contributed by atoms with van der Waals surface area (Å²) in [6.07, 6.45) is 1.73. The van der Waals surface area contributed by atoms with Crippen molar-refractivity contribution in [1.82, 2.24) is 9.62 Å². The maximum Gasteiger partial charge on any atom is 0.253 e. The predicted octanol–water partition coefficient (Wildman–Crippen LogP) is 3.89. The molecule has 0 saturated carbocycles. The minimum atomic E-state index is -3.53. The highest BCUT2D eigenvalue weighted by Gasteiger charge is 2.27. The monoisotopic (exact) mass is 453 g/mol. The van der Waals surface area contributed by atoms with Gasteiger partial charge in [-0.25, -0.2) is 12.8 Å². The SMILES string of the molecule is CNC(=O)c1cc(-c2ccc(F)cc2)cc(-c2ccc(S(=O)(=O)N3CCCC3)cc2)c1N. The zero-order valence-electron chi connectivity index (χ0n) is 17.6. The van der Waals surface area contributed by atoms with Crippen LogP contribution in [0.2, 0.25) is 0 Å². The molecule has 0 unspecified atom stereocenters. The number of sulfonamides is 1. The summed E-state index contributed by atoms with van der Waals surface area (Å²) >= 11 is 0. The third kappa shape index (κ3) is 4.11. The molecule has 3 aromatic rings. The van der Waals surface area contributed by atoms with Gasteiger partial charge < -0.3 is 11.1 Å². The third-order valence-corrected chi connectivity index (χ3v) is 7.61. The highest BCUT2D eigenvalue weighted by Crippen LogP contribution is 2.35. The summed E-state index contributed by atoms with van der Waals surface area (Å²) in [4.78, 5) is 12.7. The van der Waals surface area contributed by atoms with Crippen LogP contribution < -0.4 is 11.1 Å². The van der Waals surface area contributed by atoms with Gasteiger partial charge in [0.25, 0.3) is 5.91 Å². The van der Waals surface area contributed by atoms with Crippen molar-refractivity contribution >= 4 is 21.6 Å². The van der Waals surface area contributed by atoms with Crippen LogP contribution in [0, 0.1) is 5.82 Å². The number of rotatable bonds is 5. The summed E-state index contributed by atoms with van der Waals surface area (Å²) in [6.45, 7) is 1.07. The average Bonchev–Trinajstić information content (AvgIpc) is 3.35. The fourth-order valence-corrected chi connectivity index (χ4v) is 5.42. The van der Waals surface area contributed by atoms with Gasteiger partial charge in [0.05, 0.1) is 16.1 Å². The second-order valence-electron chi connectivity index (χ2n) is 7.71. The molecule has 1 saturated heterocycles. The Morgan fingerprint density at radius 3 is 2.12 bits per heavy atom. The Morgan fingerprint density at radius 1 is 0.938 bits per heavy atom. The van der Waals surface area contributed by atoms with Gasteiger partial charge in [0.2, 0.25) is 10.0 Å². The van der Waals surface area contributed by atoms with E-state index >= 15 is 0 Å². The molecular weight excluding hydrogens is 429 g/mol. The van der Waals surface area contributed by atoms with Gasteiger partial charge in [-0.15, -0.1) is 0 Å². The van der Waals surface area contributed by atoms with E-state index in [-0.39, 0.29) is 27.9 Å². The number of hydrogen-bond acceptors (Lipinski definition) is 4. The summed E-state index contributed by atoms with van der Waals surface area (Å²) in [7, 11) is -2.01.